The molecule has 0 aliphatic carbocycles. The summed E-state index contributed by atoms with van der Waals surface area (Å²) in [6.45, 7) is 9.16. The van der Waals surface area contributed by atoms with Crippen molar-refractivity contribution in [2.75, 3.05) is 72.0 Å². The van der Waals surface area contributed by atoms with Gasteiger partial charge >= 0.3 is 0 Å². The lowest BCUT2D eigenvalue weighted by molar-refractivity contribution is 0.0780. The van der Waals surface area contributed by atoms with Gasteiger partial charge in [0.2, 0.25) is 11.7 Å². The Bertz CT molecular complexity index is 1680. The van der Waals surface area contributed by atoms with Gasteiger partial charge in [-0.3, -0.25) is 4.79 Å². The second-order valence-electron chi connectivity index (χ2n) is 12.5. The Morgan fingerprint density at radius 2 is 1.64 bits per heavy atom. The average Bonchev–Trinajstić information content (AvgIpc) is 3.64. The molecule has 0 N–H and O–H groups in total. The van der Waals surface area contributed by atoms with Crippen LogP contribution in [0.25, 0.3) is 11.0 Å². The molecule has 4 aromatic rings. The molecular formula is C38H47N5O4. The summed E-state index contributed by atoms with van der Waals surface area (Å²) in [7, 11) is 4.72. The maximum absolute atomic E-state index is 13.9. The van der Waals surface area contributed by atoms with Crippen LogP contribution in [-0.2, 0) is 12.0 Å². The molecule has 3 aromatic carbocycles. The van der Waals surface area contributed by atoms with Crippen molar-refractivity contribution in [3.05, 3.63) is 90.0 Å². The molecule has 1 atom stereocenters. The van der Waals surface area contributed by atoms with Crippen LogP contribution in [0.4, 0.5) is 5.95 Å². The van der Waals surface area contributed by atoms with Crippen LogP contribution >= 0.6 is 0 Å². The average molecular weight is 638 g/mol. The Kier molecular flexibility index (Phi) is 10.0. The number of aromatic nitrogens is 2. The second-order valence-corrected chi connectivity index (χ2v) is 12.5. The highest BCUT2D eigenvalue weighted by molar-refractivity contribution is 5.96. The van der Waals surface area contributed by atoms with Crippen LogP contribution in [0.3, 0.4) is 0 Å². The zero-order valence-electron chi connectivity index (χ0n) is 28.2. The molecular weight excluding hydrogens is 590 g/mol. The van der Waals surface area contributed by atoms with Gasteiger partial charge in [-0.2, -0.15) is 0 Å². The number of fused-ring (bicyclic) bond motifs is 1. The van der Waals surface area contributed by atoms with E-state index in [0.29, 0.717) is 35.9 Å². The summed E-state index contributed by atoms with van der Waals surface area (Å²) in [5.74, 6) is 2.49. The van der Waals surface area contributed by atoms with Crippen LogP contribution in [0.15, 0.2) is 78.9 Å². The lowest BCUT2D eigenvalue weighted by atomic mass is 9.76. The van der Waals surface area contributed by atoms with Gasteiger partial charge in [0.15, 0.2) is 11.5 Å². The van der Waals surface area contributed by atoms with Crippen LogP contribution in [0, 0.1) is 0 Å². The molecule has 6 rings (SSSR count). The Labute approximate surface area is 278 Å². The molecule has 0 radical (unpaired) electrons. The number of likely N-dealkylation sites (tertiary alicyclic amines) is 1. The van der Waals surface area contributed by atoms with E-state index in [9.17, 15) is 4.79 Å². The first kappa shape index (κ1) is 32.4. The topological polar surface area (TPSA) is 72.3 Å². The van der Waals surface area contributed by atoms with Gasteiger partial charge in [0, 0.05) is 50.2 Å². The second kappa shape index (κ2) is 14.5. The highest BCUT2D eigenvalue weighted by Gasteiger charge is 2.42. The maximum atomic E-state index is 13.9. The fourth-order valence-corrected chi connectivity index (χ4v) is 7.27. The van der Waals surface area contributed by atoms with E-state index in [-0.39, 0.29) is 11.3 Å². The number of rotatable bonds is 11. The standard InChI is InChI=1S/C38H47N5O4/c1-5-6-21-43-32-16-11-10-15-31(32)39-37(43)41-20-12-19-40(24-25-41)22-17-38(30-13-8-7-9-14-30)18-23-42(28-38)36(44)29-26-33(45-2)35(47-4)34(27-29)46-3/h5-11,13-16,26-27H,12,17-25,28H2,1-4H3/b6-5+. The number of allylic oxidation sites excluding steroid dienone is 2. The zero-order valence-corrected chi connectivity index (χ0v) is 28.2. The summed E-state index contributed by atoms with van der Waals surface area (Å²) >= 11 is 0. The van der Waals surface area contributed by atoms with E-state index >= 15 is 0 Å². The smallest absolute Gasteiger partial charge is 0.254 e. The summed E-state index contributed by atoms with van der Waals surface area (Å²) < 4.78 is 18.9. The van der Waals surface area contributed by atoms with Crippen LogP contribution in [0.2, 0.25) is 0 Å². The predicted molar refractivity (Wildman–Crippen MR) is 187 cm³/mol. The number of imidazole rings is 1. The number of para-hydroxylation sites is 2. The Morgan fingerprint density at radius 1 is 0.894 bits per heavy atom. The Balaban J connectivity index is 1.17. The van der Waals surface area contributed by atoms with Crippen molar-refractivity contribution in [3.8, 4) is 17.2 Å². The lowest BCUT2D eigenvalue weighted by Crippen LogP contribution is -2.39. The van der Waals surface area contributed by atoms with Crippen LogP contribution in [0.5, 0.6) is 17.2 Å². The Hall–Kier alpha value is -4.50. The SMILES string of the molecule is C/C=C/Cn1c(N2CCCN(CCC3(c4ccccc4)CCN(C(=O)c4cc(OC)c(OC)c(OC)c4)C3)CC2)nc2ccccc21. The minimum absolute atomic E-state index is 0.0201. The molecule has 2 aliphatic heterocycles. The number of carbonyl (C=O) groups is 1. The van der Waals surface area contributed by atoms with Gasteiger partial charge in [-0.1, -0.05) is 54.6 Å². The van der Waals surface area contributed by atoms with E-state index in [1.54, 1.807) is 33.5 Å². The first-order chi connectivity index (χ1) is 23.0. The van der Waals surface area contributed by atoms with Gasteiger partial charge in [0.1, 0.15) is 0 Å². The number of nitrogens with zero attached hydrogens (tertiary/aromatic N) is 5. The minimum atomic E-state index is -0.121. The number of hydrogen-bond donors (Lipinski definition) is 0. The first-order valence-electron chi connectivity index (χ1n) is 16.7. The monoisotopic (exact) mass is 637 g/mol. The van der Waals surface area contributed by atoms with E-state index in [4.69, 9.17) is 19.2 Å². The zero-order chi connectivity index (χ0) is 32.8. The molecule has 248 valence electrons. The summed E-state index contributed by atoms with van der Waals surface area (Å²) in [6.07, 6.45) is 7.28. The highest BCUT2D eigenvalue weighted by atomic mass is 16.5. The third-order valence-corrected chi connectivity index (χ3v) is 9.87. The van der Waals surface area contributed by atoms with Crippen molar-refractivity contribution in [3.63, 3.8) is 0 Å². The lowest BCUT2D eigenvalue weighted by Gasteiger charge is -2.33. The third kappa shape index (κ3) is 6.67. The molecule has 47 heavy (non-hydrogen) atoms. The van der Waals surface area contributed by atoms with Gasteiger partial charge in [-0.25, -0.2) is 4.98 Å². The van der Waals surface area contributed by atoms with E-state index in [1.807, 2.05) is 4.90 Å². The number of amides is 1. The first-order valence-corrected chi connectivity index (χ1v) is 16.7. The molecule has 0 bridgehead atoms. The Morgan fingerprint density at radius 3 is 2.36 bits per heavy atom. The molecule has 0 saturated carbocycles. The van der Waals surface area contributed by atoms with Crippen molar-refractivity contribution in [1.82, 2.24) is 19.4 Å². The number of ether oxygens (including phenoxy) is 3. The van der Waals surface area contributed by atoms with Gasteiger partial charge < -0.3 is 33.5 Å². The quantitative estimate of drug-likeness (QED) is 0.186. The minimum Gasteiger partial charge on any atom is -0.493 e. The molecule has 2 fully saturated rings. The number of carbonyl (C=O) groups excluding carboxylic acids is 1. The van der Waals surface area contributed by atoms with E-state index in [1.165, 1.54) is 11.1 Å². The van der Waals surface area contributed by atoms with Gasteiger partial charge in [0.25, 0.3) is 5.91 Å². The molecule has 2 saturated heterocycles. The fraction of sp³-hybridized carbons (Fsp3) is 0.421. The molecule has 1 amide bonds. The molecule has 9 nitrogen and oxygen atoms in total. The predicted octanol–water partition coefficient (Wildman–Crippen LogP) is 6.02. The molecule has 1 unspecified atom stereocenters. The van der Waals surface area contributed by atoms with Crippen LogP contribution in [0.1, 0.15) is 42.1 Å². The van der Waals surface area contributed by atoms with Crippen LogP contribution < -0.4 is 19.1 Å². The molecule has 2 aliphatic rings. The van der Waals surface area contributed by atoms with Gasteiger partial charge in [-0.15, -0.1) is 0 Å². The molecule has 3 heterocycles. The largest absolute Gasteiger partial charge is 0.493 e. The normalized spacial score (nSPS) is 19.0. The van der Waals surface area contributed by atoms with Crippen molar-refractivity contribution in [2.24, 2.45) is 0 Å². The number of hydrogen-bond acceptors (Lipinski definition) is 7. The summed E-state index contributed by atoms with van der Waals surface area (Å²) in [5.41, 5.74) is 3.94. The molecule has 0 spiro atoms. The van der Waals surface area contributed by atoms with Gasteiger partial charge in [0.05, 0.1) is 32.4 Å². The third-order valence-electron chi connectivity index (χ3n) is 9.87. The van der Waals surface area contributed by atoms with Crippen molar-refractivity contribution in [1.29, 1.82) is 0 Å². The van der Waals surface area contributed by atoms with Crippen molar-refractivity contribution >= 4 is 22.9 Å². The van der Waals surface area contributed by atoms with E-state index < -0.39 is 0 Å². The summed E-state index contributed by atoms with van der Waals surface area (Å²) in [5, 5.41) is 0. The van der Waals surface area contributed by atoms with E-state index in [2.05, 4.69) is 88.0 Å². The molecule has 9 heteroatoms. The van der Waals surface area contributed by atoms with Gasteiger partial charge in [-0.05, 0) is 69.1 Å². The summed E-state index contributed by atoms with van der Waals surface area (Å²) in [6, 6.07) is 22.7. The number of methoxy groups -OCH3 is 3. The fourth-order valence-electron chi connectivity index (χ4n) is 7.27. The van der Waals surface area contributed by atoms with Crippen molar-refractivity contribution in [2.45, 2.75) is 38.1 Å². The maximum Gasteiger partial charge on any atom is 0.254 e. The number of anilines is 1. The molecule has 1 aromatic heterocycles. The van der Waals surface area contributed by atoms with Crippen LogP contribution in [-0.4, -0.2) is 92.4 Å². The van der Waals surface area contributed by atoms with E-state index in [0.717, 1.165) is 70.0 Å². The highest BCUT2D eigenvalue weighted by Crippen LogP contribution is 2.41. The van der Waals surface area contributed by atoms with Crippen molar-refractivity contribution < 1.29 is 19.0 Å². The summed E-state index contributed by atoms with van der Waals surface area (Å²) in [4.78, 5) is 26.1. The number of benzene rings is 3.